The monoisotopic (exact) mass is 222 g/mol. The van der Waals surface area contributed by atoms with Crippen molar-refractivity contribution in [3.05, 3.63) is 35.6 Å². The van der Waals surface area contributed by atoms with Gasteiger partial charge in [0.15, 0.2) is 0 Å². The highest BCUT2D eigenvalue weighted by Gasteiger charge is 2.26. The number of halogens is 1. The van der Waals surface area contributed by atoms with Gasteiger partial charge in [-0.1, -0.05) is 12.1 Å². The summed E-state index contributed by atoms with van der Waals surface area (Å²) in [5.74, 6) is -0.687. The molecular weight excluding hydrogens is 207 g/mol. The Kier molecular flexibility index (Phi) is 3.22. The largest absolute Gasteiger partial charge is 0.481 e. The Labute approximate surface area is 94.1 Å². The van der Waals surface area contributed by atoms with E-state index in [0.717, 1.165) is 31.2 Å². The molecule has 0 spiro atoms. The van der Waals surface area contributed by atoms with Crippen LogP contribution in [-0.2, 0) is 4.79 Å². The van der Waals surface area contributed by atoms with Crippen molar-refractivity contribution in [3.63, 3.8) is 0 Å². The maximum absolute atomic E-state index is 12.7. The molecule has 1 aromatic rings. The Hall–Kier alpha value is -1.38. The third-order valence-corrected chi connectivity index (χ3v) is 3.42. The van der Waals surface area contributed by atoms with Gasteiger partial charge in [0, 0.05) is 0 Å². The van der Waals surface area contributed by atoms with Crippen LogP contribution in [0.3, 0.4) is 0 Å². The maximum atomic E-state index is 12.7. The van der Waals surface area contributed by atoms with Crippen molar-refractivity contribution in [2.75, 3.05) is 0 Å². The first-order chi connectivity index (χ1) is 7.66. The lowest BCUT2D eigenvalue weighted by Gasteiger charge is -2.26. The van der Waals surface area contributed by atoms with Crippen LogP contribution in [0.15, 0.2) is 24.3 Å². The molecule has 1 N–H and O–H groups in total. The summed E-state index contributed by atoms with van der Waals surface area (Å²) in [4.78, 5) is 10.8. The van der Waals surface area contributed by atoms with Crippen LogP contribution in [0.25, 0.3) is 0 Å². The minimum Gasteiger partial charge on any atom is -0.481 e. The molecular formula is C13H15FO2. The number of hydrogen-bond acceptors (Lipinski definition) is 1. The Morgan fingerprint density at radius 1 is 1.12 bits per heavy atom. The lowest BCUT2D eigenvalue weighted by molar-refractivity contribution is -0.142. The summed E-state index contributed by atoms with van der Waals surface area (Å²) in [5.41, 5.74) is 1.13. The van der Waals surface area contributed by atoms with Crippen LogP contribution in [0, 0.1) is 11.7 Å². The molecule has 0 radical (unpaired) electrons. The topological polar surface area (TPSA) is 37.3 Å². The second kappa shape index (κ2) is 4.64. The van der Waals surface area contributed by atoms with Gasteiger partial charge in [0.05, 0.1) is 5.92 Å². The average Bonchev–Trinajstić information content (AvgIpc) is 2.30. The van der Waals surface area contributed by atoms with E-state index in [1.165, 1.54) is 12.1 Å². The van der Waals surface area contributed by atoms with Crippen LogP contribution in [0.4, 0.5) is 4.39 Å². The molecule has 1 aliphatic rings. The van der Waals surface area contributed by atoms with Gasteiger partial charge in [-0.15, -0.1) is 0 Å². The second-order valence-electron chi connectivity index (χ2n) is 4.44. The molecule has 2 rings (SSSR count). The number of aliphatic carboxylic acids is 1. The molecule has 16 heavy (non-hydrogen) atoms. The quantitative estimate of drug-likeness (QED) is 0.834. The molecule has 0 saturated heterocycles. The molecule has 1 fully saturated rings. The van der Waals surface area contributed by atoms with Crippen LogP contribution in [-0.4, -0.2) is 11.1 Å². The van der Waals surface area contributed by atoms with E-state index < -0.39 is 5.97 Å². The van der Waals surface area contributed by atoms with E-state index in [1.54, 1.807) is 12.1 Å². The van der Waals surface area contributed by atoms with E-state index in [1.807, 2.05) is 0 Å². The van der Waals surface area contributed by atoms with Gasteiger partial charge in [0.1, 0.15) is 5.82 Å². The van der Waals surface area contributed by atoms with E-state index in [2.05, 4.69) is 0 Å². The molecule has 3 heteroatoms. The molecule has 0 atom stereocenters. The molecule has 0 aliphatic heterocycles. The van der Waals surface area contributed by atoms with E-state index in [-0.39, 0.29) is 11.7 Å². The highest BCUT2D eigenvalue weighted by molar-refractivity contribution is 5.70. The Morgan fingerprint density at radius 2 is 1.69 bits per heavy atom. The van der Waals surface area contributed by atoms with Crippen LogP contribution in [0.5, 0.6) is 0 Å². The number of rotatable bonds is 2. The van der Waals surface area contributed by atoms with Crippen molar-refractivity contribution in [2.24, 2.45) is 5.92 Å². The summed E-state index contributed by atoms with van der Waals surface area (Å²) >= 11 is 0. The van der Waals surface area contributed by atoms with Gasteiger partial charge < -0.3 is 5.11 Å². The predicted molar refractivity (Wildman–Crippen MR) is 58.7 cm³/mol. The highest BCUT2D eigenvalue weighted by atomic mass is 19.1. The van der Waals surface area contributed by atoms with E-state index >= 15 is 0 Å². The van der Waals surface area contributed by atoms with Crippen LogP contribution in [0.2, 0.25) is 0 Å². The van der Waals surface area contributed by atoms with Crippen molar-refractivity contribution in [2.45, 2.75) is 31.6 Å². The summed E-state index contributed by atoms with van der Waals surface area (Å²) in [6.07, 6.45) is 3.25. The Morgan fingerprint density at radius 3 is 2.19 bits per heavy atom. The molecule has 0 bridgehead atoms. The Balaban J connectivity index is 1.99. The zero-order valence-electron chi connectivity index (χ0n) is 9.03. The van der Waals surface area contributed by atoms with Crippen molar-refractivity contribution in [3.8, 4) is 0 Å². The number of carboxylic acid groups (broad SMARTS) is 1. The second-order valence-corrected chi connectivity index (χ2v) is 4.44. The van der Waals surface area contributed by atoms with Gasteiger partial charge in [-0.05, 0) is 49.3 Å². The van der Waals surface area contributed by atoms with Crippen molar-refractivity contribution in [1.29, 1.82) is 0 Å². The van der Waals surface area contributed by atoms with Gasteiger partial charge >= 0.3 is 5.97 Å². The summed E-state index contributed by atoms with van der Waals surface area (Å²) in [6, 6.07) is 6.55. The summed E-state index contributed by atoms with van der Waals surface area (Å²) < 4.78 is 12.7. The first kappa shape index (κ1) is 11.1. The lowest BCUT2D eigenvalue weighted by atomic mass is 9.79. The highest BCUT2D eigenvalue weighted by Crippen LogP contribution is 2.35. The van der Waals surface area contributed by atoms with E-state index in [0.29, 0.717) is 5.92 Å². The normalized spacial score (nSPS) is 25.3. The zero-order chi connectivity index (χ0) is 11.5. The summed E-state index contributed by atoms with van der Waals surface area (Å²) in [6.45, 7) is 0. The van der Waals surface area contributed by atoms with Crippen LogP contribution in [0.1, 0.15) is 37.2 Å². The van der Waals surface area contributed by atoms with Crippen LogP contribution < -0.4 is 0 Å². The van der Waals surface area contributed by atoms with Gasteiger partial charge in [-0.25, -0.2) is 4.39 Å². The number of carboxylic acids is 1. The zero-order valence-corrected chi connectivity index (χ0v) is 9.03. The lowest BCUT2D eigenvalue weighted by Crippen LogP contribution is -2.20. The van der Waals surface area contributed by atoms with Gasteiger partial charge in [0.25, 0.3) is 0 Å². The van der Waals surface area contributed by atoms with E-state index in [4.69, 9.17) is 5.11 Å². The molecule has 0 heterocycles. The third-order valence-electron chi connectivity index (χ3n) is 3.42. The van der Waals surface area contributed by atoms with Gasteiger partial charge in [-0.3, -0.25) is 4.79 Å². The minimum absolute atomic E-state index is 0.184. The molecule has 2 nitrogen and oxygen atoms in total. The standard InChI is InChI=1S/C13H15FO2/c14-12-7-5-10(6-8-12)9-1-3-11(4-2-9)13(15)16/h5-9,11H,1-4H2,(H,15,16)/t9-,11-. The van der Waals surface area contributed by atoms with Gasteiger partial charge in [0.2, 0.25) is 0 Å². The van der Waals surface area contributed by atoms with Crippen molar-refractivity contribution < 1.29 is 14.3 Å². The molecule has 0 amide bonds. The fraction of sp³-hybridized carbons (Fsp3) is 0.462. The third kappa shape index (κ3) is 2.40. The molecule has 1 saturated carbocycles. The predicted octanol–water partition coefficient (Wildman–Crippen LogP) is 3.18. The molecule has 0 aromatic heterocycles. The fourth-order valence-electron chi connectivity index (χ4n) is 2.41. The molecule has 1 aromatic carbocycles. The minimum atomic E-state index is -0.683. The first-order valence-corrected chi connectivity index (χ1v) is 5.65. The van der Waals surface area contributed by atoms with E-state index in [9.17, 15) is 9.18 Å². The molecule has 0 unspecified atom stereocenters. The van der Waals surface area contributed by atoms with Gasteiger partial charge in [-0.2, -0.15) is 0 Å². The average molecular weight is 222 g/mol. The number of carbonyl (C=O) groups is 1. The number of benzene rings is 1. The maximum Gasteiger partial charge on any atom is 0.306 e. The fourth-order valence-corrected chi connectivity index (χ4v) is 2.41. The smallest absolute Gasteiger partial charge is 0.306 e. The van der Waals surface area contributed by atoms with Crippen molar-refractivity contribution >= 4 is 5.97 Å². The van der Waals surface area contributed by atoms with Crippen molar-refractivity contribution in [1.82, 2.24) is 0 Å². The number of hydrogen-bond donors (Lipinski definition) is 1. The summed E-state index contributed by atoms with van der Waals surface area (Å²) in [5, 5.41) is 8.88. The SMILES string of the molecule is O=C(O)[C@H]1CC[C@H](c2ccc(F)cc2)CC1. The first-order valence-electron chi connectivity index (χ1n) is 5.65. The summed E-state index contributed by atoms with van der Waals surface area (Å²) in [7, 11) is 0. The Bertz CT molecular complexity index is 364. The molecule has 86 valence electrons. The van der Waals surface area contributed by atoms with Crippen LogP contribution >= 0.6 is 0 Å². The molecule has 1 aliphatic carbocycles.